The lowest BCUT2D eigenvalue weighted by atomic mass is 10.4. The standard InChI is InChI=1S/C13H10N4O2S2/c1-8(11-16-5-6-20-11)19-13(18)9-7-21-12(17-9)10-14-3-2-4-15-10/h2-8H,1H3/t8-/m0/s1. The highest BCUT2D eigenvalue weighted by molar-refractivity contribution is 7.13. The molecule has 0 amide bonds. The second-order valence-corrected chi connectivity index (χ2v) is 5.81. The van der Waals surface area contributed by atoms with Gasteiger partial charge in [-0.1, -0.05) is 0 Å². The Morgan fingerprint density at radius 3 is 2.71 bits per heavy atom. The molecule has 0 aromatic carbocycles. The first-order chi connectivity index (χ1) is 10.2. The topological polar surface area (TPSA) is 77.9 Å². The van der Waals surface area contributed by atoms with Crippen molar-refractivity contribution in [3.8, 4) is 10.8 Å². The summed E-state index contributed by atoms with van der Waals surface area (Å²) in [5.74, 6) is 0.0191. The summed E-state index contributed by atoms with van der Waals surface area (Å²) in [6.07, 6.45) is 4.55. The summed E-state index contributed by atoms with van der Waals surface area (Å²) in [4.78, 5) is 28.6. The summed E-state index contributed by atoms with van der Waals surface area (Å²) >= 11 is 2.75. The quantitative estimate of drug-likeness (QED) is 0.688. The summed E-state index contributed by atoms with van der Waals surface area (Å²) in [6, 6.07) is 1.72. The van der Waals surface area contributed by atoms with Crippen molar-refractivity contribution in [3.63, 3.8) is 0 Å². The minimum Gasteiger partial charge on any atom is -0.451 e. The number of rotatable bonds is 4. The van der Waals surface area contributed by atoms with Crippen molar-refractivity contribution in [1.29, 1.82) is 0 Å². The third-order valence-electron chi connectivity index (χ3n) is 2.55. The Hall–Kier alpha value is -2.19. The van der Waals surface area contributed by atoms with Crippen molar-refractivity contribution in [2.45, 2.75) is 13.0 Å². The van der Waals surface area contributed by atoms with E-state index in [0.717, 1.165) is 5.01 Å². The van der Waals surface area contributed by atoms with Crippen LogP contribution in [0.3, 0.4) is 0 Å². The van der Waals surface area contributed by atoms with Gasteiger partial charge in [0.25, 0.3) is 0 Å². The van der Waals surface area contributed by atoms with Gasteiger partial charge < -0.3 is 4.74 Å². The number of hydrogen-bond acceptors (Lipinski definition) is 8. The summed E-state index contributed by atoms with van der Waals surface area (Å²) in [5.41, 5.74) is 0.255. The zero-order valence-electron chi connectivity index (χ0n) is 11.0. The van der Waals surface area contributed by atoms with Gasteiger partial charge in [-0.05, 0) is 13.0 Å². The molecule has 0 radical (unpaired) electrons. The average Bonchev–Trinajstić information content (AvgIpc) is 3.20. The Bertz CT molecular complexity index is 728. The van der Waals surface area contributed by atoms with E-state index in [-0.39, 0.29) is 5.69 Å². The molecule has 21 heavy (non-hydrogen) atoms. The van der Waals surface area contributed by atoms with E-state index in [1.807, 2.05) is 5.38 Å². The van der Waals surface area contributed by atoms with E-state index in [9.17, 15) is 4.79 Å². The van der Waals surface area contributed by atoms with Crippen LogP contribution in [-0.4, -0.2) is 25.9 Å². The third-order valence-corrected chi connectivity index (χ3v) is 4.33. The summed E-state index contributed by atoms with van der Waals surface area (Å²) in [7, 11) is 0. The second-order valence-electron chi connectivity index (χ2n) is 4.03. The Morgan fingerprint density at radius 1 is 1.19 bits per heavy atom. The van der Waals surface area contributed by atoms with E-state index >= 15 is 0 Å². The molecule has 3 aromatic rings. The van der Waals surface area contributed by atoms with Crippen molar-refractivity contribution in [2.24, 2.45) is 0 Å². The molecule has 0 unspecified atom stereocenters. The molecule has 0 fully saturated rings. The first-order valence-electron chi connectivity index (χ1n) is 6.07. The molecular formula is C13H10N4O2S2. The van der Waals surface area contributed by atoms with Crippen molar-refractivity contribution >= 4 is 28.6 Å². The normalized spacial score (nSPS) is 12.0. The zero-order valence-corrected chi connectivity index (χ0v) is 12.6. The summed E-state index contributed by atoms with van der Waals surface area (Å²) in [5, 5.41) is 4.82. The van der Waals surface area contributed by atoms with Gasteiger partial charge in [0.2, 0.25) is 0 Å². The van der Waals surface area contributed by atoms with Gasteiger partial charge in [-0.2, -0.15) is 0 Å². The van der Waals surface area contributed by atoms with Crippen LogP contribution >= 0.6 is 22.7 Å². The molecule has 0 aliphatic heterocycles. The van der Waals surface area contributed by atoms with Crippen LogP contribution in [0.1, 0.15) is 28.5 Å². The summed E-state index contributed by atoms with van der Waals surface area (Å²) in [6.45, 7) is 1.78. The van der Waals surface area contributed by atoms with Gasteiger partial charge in [0.05, 0.1) is 0 Å². The van der Waals surface area contributed by atoms with E-state index in [2.05, 4.69) is 19.9 Å². The fraction of sp³-hybridized carbons (Fsp3) is 0.154. The lowest BCUT2D eigenvalue weighted by Gasteiger charge is -2.08. The molecule has 0 saturated heterocycles. The number of hydrogen-bond donors (Lipinski definition) is 0. The molecule has 0 saturated carbocycles. The van der Waals surface area contributed by atoms with Crippen LogP contribution < -0.4 is 0 Å². The Kier molecular flexibility index (Phi) is 3.98. The molecule has 0 bridgehead atoms. The molecule has 0 aliphatic carbocycles. The number of carbonyl (C=O) groups excluding carboxylic acids is 1. The van der Waals surface area contributed by atoms with Crippen molar-refractivity contribution in [1.82, 2.24) is 19.9 Å². The van der Waals surface area contributed by atoms with Gasteiger partial charge in [-0.15, -0.1) is 22.7 Å². The molecule has 0 spiro atoms. The highest BCUT2D eigenvalue weighted by atomic mass is 32.1. The van der Waals surface area contributed by atoms with Crippen LogP contribution in [-0.2, 0) is 4.74 Å². The van der Waals surface area contributed by atoms with Crippen molar-refractivity contribution in [2.75, 3.05) is 0 Å². The van der Waals surface area contributed by atoms with Crippen LogP contribution in [0.15, 0.2) is 35.4 Å². The first-order valence-corrected chi connectivity index (χ1v) is 7.83. The monoisotopic (exact) mass is 318 g/mol. The number of nitrogens with zero attached hydrogens (tertiary/aromatic N) is 4. The number of aromatic nitrogens is 4. The van der Waals surface area contributed by atoms with E-state index < -0.39 is 12.1 Å². The number of thiazole rings is 2. The molecular weight excluding hydrogens is 308 g/mol. The van der Waals surface area contributed by atoms with Gasteiger partial charge >= 0.3 is 5.97 Å². The minimum atomic E-state index is -0.476. The lowest BCUT2D eigenvalue weighted by Crippen LogP contribution is -2.09. The fourth-order valence-corrected chi connectivity index (χ4v) is 2.94. The minimum absolute atomic E-state index is 0.255. The molecule has 3 heterocycles. The molecule has 8 heteroatoms. The molecule has 6 nitrogen and oxygen atoms in total. The lowest BCUT2D eigenvalue weighted by molar-refractivity contribution is 0.0331. The smallest absolute Gasteiger partial charge is 0.358 e. The maximum Gasteiger partial charge on any atom is 0.358 e. The number of carbonyl (C=O) groups is 1. The van der Waals surface area contributed by atoms with E-state index in [1.165, 1.54) is 22.7 Å². The Labute approximate surface area is 128 Å². The highest BCUT2D eigenvalue weighted by Crippen LogP contribution is 2.23. The molecule has 0 aliphatic rings. The molecule has 0 N–H and O–H groups in total. The highest BCUT2D eigenvalue weighted by Gasteiger charge is 2.19. The predicted octanol–water partition coefficient (Wildman–Crippen LogP) is 2.97. The van der Waals surface area contributed by atoms with Gasteiger partial charge in [-0.25, -0.2) is 24.7 Å². The van der Waals surface area contributed by atoms with Crippen molar-refractivity contribution in [3.05, 3.63) is 46.1 Å². The molecule has 106 valence electrons. The average molecular weight is 318 g/mol. The molecule has 1 atom stereocenters. The van der Waals surface area contributed by atoms with E-state index in [1.54, 1.807) is 37.0 Å². The number of esters is 1. The maximum absolute atomic E-state index is 12.1. The Morgan fingerprint density at radius 2 is 2.00 bits per heavy atom. The van der Waals surface area contributed by atoms with Crippen LogP contribution in [0, 0.1) is 0 Å². The van der Waals surface area contributed by atoms with Crippen LogP contribution in [0.5, 0.6) is 0 Å². The predicted molar refractivity (Wildman–Crippen MR) is 79.1 cm³/mol. The number of ether oxygens (including phenoxy) is 1. The zero-order chi connectivity index (χ0) is 14.7. The Balaban J connectivity index is 1.73. The van der Waals surface area contributed by atoms with Gasteiger partial charge in [0.1, 0.15) is 5.01 Å². The second kappa shape index (κ2) is 6.06. The van der Waals surface area contributed by atoms with Crippen LogP contribution in [0.25, 0.3) is 10.8 Å². The maximum atomic E-state index is 12.1. The largest absolute Gasteiger partial charge is 0.451 e. The summed E-state index contributed by atoms with van der Waals surface area (Å²) < 4.78 is 5.34. The fourth-order valence-electron chi connectivity index (χ4n) is 1.59. The van der Waals surface area contributed by atoms with Crippen molar-refractivity contribution < 1.29 is 9.53 Å². The van der Waals surface area contributed by atoms with Crippen LogP contribution in [0.2, 0.25) is 0 Å². The SMILES string of the molecule is C[C@H](OC(=O)c1csc(-c2ncccn2)n1)c1nccs1. The third kappa shape index (κ3) is 3.11. The van der Waals surface area contributed by atoms with E-state index in [0.29, 0.717) is 10.8 Å². The van der Waals surface area contributed by atoms with Gasteiger partial charge in [0.15, 0.2) is 22.6 Å². The van der Waals surface area contributed by atoms with Crippen LogP contribution in [0.4, 0.5) is 0 Å². The van der Waals surface area contributed by atoms with E-state index in [4.69, 9.17) is 4.74 Å². The molecule has 3 aromatic heterocycles. The van der Waals surface area contributed by atoms with Gasteiger partial charge in [0, 0.05) is 29.4 Å². The first kappa shape index (κ1) is 13.8. The molecule has 3 rings (SSSR count). The van der Waals surface area contributed by atoms with Gasteiger partial charge in [-0.3, -0.25) is 0 Å².